The zero-order valence-electron chi connectivity index (χ0n) is 17.5. The molecule has 0 saturated carbocycles. The van der Waals surface area contributed by atoms with Crippen LogP contribution in [-0.4, -0.2) is 46.8 Å². The van der Waals surface area contributed by atoms with Gasteiger partial charge in [0.1, 0.15) is 6.54 Å². The van der Waals surface area contributed by atoms with Gasteiger partial charge in [0.15, 0.2) is 0 Å². The summed E-state index contributed by atoms with van der Waals surface area (Å²) >= 11 is 6.29. The van der Waals surface area contributed by atoms with Crippen LogP contribution >= 0.6 is 11.6 Å². The molecule has 0 unspecified atom stereocenters. The van der Waals surface area contributed by atoms with Gasteiger partial charge in [-0.3, -0.25) is 9.59 Å². The molecule has 0 spiro atoms. The van der Waals surface area contributed by atoms with Gasteiger partial charge < -0.3 is 9.80 Å². The molecule has 2 heterocycles. The zero-order valence-corrected chi connectivity index (χ0v) is 18.3. The number of rotatable bonds is 5. The van der Waals surface area contributed by atoms with Crippen LogP contribution in [-0.2, 0) is 17.8 Å². The highest BCUT2D eigenvalue weighted by molar-refractivity contribution is 6.33. The molecule has 0 aliphatic carbocycles. The maximum Gasteiger partial charge on any atom is 0.267 e. The van der Waals surface area contributed by atoms with E-state index in [9.17, 15) is 9.59 Å². The Kier molecular flexibility index (Phi) is 6.37. The largest absolute Gasteiger partial charge is 0.367 e. The predicted molar refractivity (Wildman–Crippen MR) is 124 cm³/mol. The molecule has 3 aromatic rings. The summed E-state index contributed by atoms with van der Waals surface area (Å²) in [6.07, 6.45) is 0.964. The molecule has 0 radical (unpaired) electrons. The number of benzene rings is 2. The second-order valence-electron chi connectivity index (χ2n) is 7.58. The van der Waals surface area contributed by atoms with Crippen LogP contribution < -0.4 is 10.5 Å². The third kappa shape index (κ3) is 4.80. The van der Waals surface area contributed by atoms with Gasteiger partial charge >= 0.3 is 0 Å². The lowest BCUT2D eigenvalue weighted by Crippen LogP contribution is -2.50. The van der Waals surface area contributed by atoms with Gasteiger partial charge in [-0.15, -0.1) is 0 Å². The minimum atomic E-state index is -0.281. The minimum absolute atomic E-state index is 0.0637. The lowest BCUT2D eigenvalue weighted by Gasteiger charge is -2.36. The number of aromatic nitrogens is 2. The molecule has 1 aliphatic rings. The van der Waals surface area contributed by atoms with Crippen molar-refractivity contribution in [3.05, 3.63) is 81.6 Å². The van der Waals surface area contributed by atoms with E-state index >= 15 is 0 Å². The van der Waals surface area contributed by atoms with Crippen molar-refractivity contribution >= 4 is 23.2 Å². The smallest absolute Gasteiger partial charge is 0.267 e. The van der Waals surface area contributed by atoms with E-state index in [2.05, 4.69) is 29.1 Å². The number of nitrogens with zero attached hydrogens (tertiary/aromatic N) is 4. The fourth-order valence-electron chi connectivity index (χ4n) is 3.76. The second-order valence-corrected chi connectivity index (χ2v) is 7.99. The molecular formula is C24H25ClN4O2. The first-order valence-corrected chi connectivity index (χ1v) is 10.9. The fourth-order valence-corrected chi connectivity index (χ4v) is 4.02. The third-order valence-corrected chi connectivity index (χ3v) is 5.95. The number of carbonyl (C=O) groups excluding carboxylic acids is 1. The molecular weight excluding hydrogens is 412 g/mol. The molecule has 0 atom stereocenters. The highest BCUT2D eigenvalue weighted by Crippen LogP contribution is 2.26. The van der Waals surface area contributed by atoms with Crippen LogP contribution in [0.4, 0.5) is 5.69 Å². The molecule has 4 rings (SSSR count). The van der Waals surface area contributed by atoms with Gasteiger partial charge in [-0.05, 0) is 30.2 Å². The number of halogens is 1. The van der Waals surface area contributed by atoms with Crippen molar-refractivity contribution in [1.82, 2.24) is 14.7 Å². The lowest BCUT2D eigenvalue weighted by atomic mass is 10.1. The van der Waals surface area contributed by atoms with Crippen LogP contribution in [0.15, 0.2) is 65.5 Å². The van der Waals surface area contributed by atoms with Gasteiger partial charge in [0.2, 0.25) is 5.91 Å². The first kappa shape index (κ1) is 21.1. The van der Waals surface area contributed by atoms with Gasteiger partial charge in [0.05, 0.1) is 16.4 Å². The Balaban J connectivity index is 1.43. The van der Waals surface area contributed by atoms with Crippen molar-refractivity contribution in [2.45, 2.75) is 19.9 Å². The molecule has 31 heavy (non-hydrogen) atoms. The quantitative estimate of drug-likeness (QED) is 0.614. The van der Waals surface area contributed by atoms with Crippen LogP contribution in [0.2, 0.25) is 5.02 Å². The molecule has 7 heteroatoms. The maximum absolute atomic E-state index is 12.8. The molecule has 0 bridgehead atoms. The van der Waals surface area contributed by atoms with Crippen molar-refractivity contribution in [2.75, 3.05) is 31.1 Å². The van der Waals surface area contributed by atoms with E-state index in [1.54, 1.807) is 11.0 Å². The molecule has 1 saturated heterocycles. The number of hydrogen-bond acceptors (Lipinski definition) is 4. The Labute approximate surface area is 186 Å². The van der Waals surface area contributed by atoms with E-state index in [0.29, 0.717) is 36.9 Å². The van der Waals surface area contributed by atoms with Crippen LogP contribution in [0.25, 0.3) is 11.3 Å². The topological polar surface area (TPSA) is 58.4 Å². The first-order valence-electron chi connectivity index (χ1n) is 10.5. The van der Waals surface area contributed by atoms with Crippen LogP contribution in [0, 0.1) is 0 Å². The third-order valence-electron chi connectivity index (χ3n) is 5.64. The number of anilines is 1. The summed E-state index contributed by atoms with van der Waals surface area (Å²) < 4.78 is 1.26. The van der Waals surface area contributed by atoms with Gasteiger partial charge in [0.25, 0.3) is 5.56 Å². The average Bonchev–Trinajstić information content (AvgIpc) is 2.81. The fraction of sp³-hybridized carbons (Fsp3) is 0.292. The van der Waals surface area contributed by atoms with E-state index in [0.717, 1.165) is 17.7 Å². The van der Waals surface area contributed by atoms with Crippen molar-refractivity contribution in [3.63, 3.8) is 0 Å². The van der Waals surface area contributed by atoms with Gasteiger partial charge in [-0.25, -0.2) is 4.68 Å². The summed E-state index contributed by atoms with van der Waals surface area (Å²) in [7, 11) is 0. The molecule has 1 aromatic heterocycles. The van der Waals surface area contributed by atoms with Crippen molar-refractivity contribution in [1.29, 1.82) is 0 Å². The van der Waals surface area contributed by atoms with E-state index in [4.69, 9.17) is 11.6 Å². The normalized spacial score (nSPS) is 14.0. The summed E-state index contributed by atoms with van der Waals surface area (Å²) in [5.74, 6) is -0.105. The molecule has 1 aliphatic heterocycles. The first-order chi connectivity index (χ1) is 15.0. The van der Waals surface area contributed by atoms with Crippen LogP contribution in [0.1, 0.15) is 12.5 Å². The summed E-state index contributed by atoms with van der Waals surface area (Å²) in [5, 5.41) is 5.15. The van der Waals surface area contributed by atoms with Crippen LogP contribution in [0.5, 0.6) is 0 Å². The number of carbonyl (C=O) groups is 1. The minimum Gasteiger partial charge on any atom is -0.367 e. The summed E-state index contributed by atoms with van der Waals surface area (Å²) in [4.78, 5) is 29.1. The molecule has 160 valence electrons. The number of hydrogen-bond donors (Lipinski definition) is 0. The highest BCUT2D eigenvalue weighted by Gasteiger charge is 2.23. The second kappa shape index (κ2) is 9.35. The lowest BCUT2D eigenvalue weighted by molar-refractivity contribution is -0.132. The van der Waals surface area contributed by atoms with Crippen molar-refractivity contribution in [3.8, 4) is 11.3 Å². The molecule has 1 amide bonds. The Morgan fingerprint density at radius 2 is 1.68 bits per heavy atom. The molecule has 2 aromatic carbocycles. The average molecular weight is 437 g/mol. The SMILES string of the molecule is CCc1ccc(-c2ccc(=O)n(CC(=O)N3CCN(c4ccccc4Cl)CC3)n2)cc1. The highest BCUT2D eigenvalue weighted by atomic mass is 35.5. The van der Waals surface area contributed by atoms with E-state index < -0.39 is 0 Å². The summed E-state index contributed by atoms with van der Waals surface area (Å²) in [6.45, 7) is 4.59. The standard InChI is InChI=1S/C24H25ClN4O2/c1-2-18-7-9-19(10-8-18)21-11-12-23(30)29(26-21)17-24(31)28-15-13-27(14-16-28)22-6-4-3-5-20(22)25/h3-12H,2,13-17H2,1H3. The number of para-hydroxylation sites is 1. The van der Waals surface area contributed by atoms with Gasteiger partial charge in [-0.2, -0.15) is 5.10 Å². The Bertz CT molecular complexity index is 1120. The van der Waals surface area contributed by atoms with E-state index in [-0.39, 0.29) is 18.0 Å². The summed E-state index contributed by atoms with van der Waals surface area (Å²) in [5.41, 5.74) is 3.54. The number of aryl methyl sites for hydroxylation is 1. The Morgan fingerprint density at radius 3 is 2.35 bits per heavy atom. The maximum atomic E-state index is 12.8. The Hall–Kier alpha value is -3.12. The van der Waals surface area contributed by atoms with Gasteiger partial charge in [0, 0.05) is 37.8 Å². The van der Waals surface area contributed by atoms with Crippen molar-refractivity contribution < 1.29 is 4.79 Å². The van der Waals surface area contributed by atoms with E-state index in [1.165, 1.54) is 16.3 Å². The number of piperazine rings is 1. The number of amides is 1. The predicted octanol–water partition coefficient (Wildman–Crippen LogP) is 3.47. The van der Waals surface area contributed by atoms with E-state index in [1.807, 2.05) is 36.4 Å². The van der Waals surface area contributed by atoms with Crippen molar-refractivity contribution in [2.24, 2.45) is 0 Å². The zero-order chi connectivity index (χ0) is 21.8. The van der Waals surface area contributed by atoms with Crippen LogP contribution in [0.3, 0.4) is 0 Å². The molecule has 0 N–H and O–H groups in total. The Morgan fingerprint density at radius 1 is 0.968 bits per heavy atom. The van der Waals surface area contributed by atoms with Gasteiger partial charge in [-0.1, -0.05) is 54.9 Å². The molecule has 6 nitrogen and oxygen atoms in total. The monoisotopic (exact) mass is 436 g/mol. The molecule has 1 fully saturated rings. The summed E-state index contributed by atoms with van der Waals surface area (Å²) in [6, 6.07) is 19.0.